The van der Waals surface area contributed by atoms with E-state index in [4.69, 9.17) is 4.74 Å². The van der Waals surface area contributed by atoms with Gasteiger partial charge >= 0.3 is 0 Å². The minimum atomic E-state index is -0.503. The molecule has 1 aromatic rings. The first-order valence-electron chi connectivity index (χ1n) is 8.00. The summed E-state index contributed by atoms with van der Waals surface area (Å²) in [7, 11) is 1.55. The Bertz CT molecular complexity index is 746. The molecule has 0 N–H and O–H groups in total. The number of benzene rings is 1. The van der Waals surface area contributed by atoms with E-state index in [0.29, 0.717) is 22.1 Å². The Morgan fingerprint density at radius 3 is 2.56 bits per heavy atom. The lowest BCUT2D eigenvalue weighted by Gasteiger charge is -2.21. The van der Waals surface area contributed by atoms with Crippen LogP contribution in [0.3, 0.4) is 0 Å². The van der Waals surface area contributed by atoms with Gasteiger partial charge in [0, 0.05) is 22.6 Å². The lowest BCUT2D eigenvalue weighted by atomic mass is 9.91. The van der Waals surface area contributed by atoms with Gasteiger partial charge in [0.2, 0.25) is 5.91 Å². The second kappa shape index (κ2) is 7.44. The quantitative estimate of drug-likeness (QED) is 0.594. The van der Waals surface area contributed by atoms with Crippen LogP contribution in [-0.4, -0.2) is 35.2 Å². The van der Waals surface area contributed by atoms with E-state index >= 15 is 0 Å². The summed E-state index contributed by atoms with van der Waals surface area (Å²) >= 11 is 1.36. The van der Waals surface area contributed by atoms with Crippen molar-refractivity contribution in [3.8, 4) is 5.75 Å². The number of hydrogen-bond donors (Lipinski definition) is 0. The second-order valence-corrected chi connectivity index (χ2v) is 7.94. The standard InChI is InChI=1S/C19H23NO4S/c1-12(21)13-6-7-15(24-5)14(8-13)10-20-17(23)11-25-18(20)9-16(22)19(2,3)4/h6-9H,10-11H2,1-5H3/b18-9-. The number of amides is 1. The van der Waals surface area contributed by atoms with E-state index in [9.17, 15) is 14.4 Å². The molecule has 1 amide bonds. The van der Waals surface area contributed by atoms with Crippen LogP contribution in [0.5, 0.6) is 5.75 Å². The van der Waals surface area contributed by atoms with Gasteiger partial charge in [0.1, 0.15) is 5.75 Å². The first-order valence-corrected chi connectivity index (χ1v) is 8.99. The molecular formula is C19H23NO4S. The fraction of sp³-hybridized carbons (Fsp3) is 0.421. The van der Waals surface area contributed by atoms with E-state index in [0.717, 1.165) is 5.56 Å². The molecule has 1 saturated heterocycles. The third kappa shape index (κ3) is 4.51. The maximum atomic E-state index is 12.3. The second-order valence-electron chi connectivity index (χ2n) is 6.95. The number of methoxy groups -OCH3 is 1. The Balaban J connectivity index is 2.35. The van der Waals surface area contributed by atoms with Gasteiger partial charge in [-0.2, -0.15) is 0 Å². The molecule has 0 saturated carbocycles. The van der Waals surface area contributed by atoms with Crippen molar-refractivity contribution in [2.24, 2.45) is 5.41 Å². The summed E-state index contributed by atoms with van der Waals surface area (Å²) in [6, 6.07) is 5.16. The van der Waals surface area contributed by atoms with Crippen LogP contribution in [0.4, 0.5) is 0 Å². The smallest absolute Gasteiger partial charge is 0.238 e. The predicted molar refractivity (Wildman–Crippen MR) is 98.6 cm³/mol. The number of carbonyl (C=O) groups is 3. The predicted octanol–water partition coefficient (Wildman–Crippen LogP) is 3.43. The highest BCUT2D eigenvalue weighted by atomic mass is 32.2. The molecular weight excluding hydrogens is 338 g/mol. The maximum absolute atomic E-state index is 12.3. The topological polar surface area (TPSA) is 63.7 Å². The molecule has 5 nitrogen and oxygen atoms in total. The summed E-state index contributed by atoms with van der Waals surface area (Å²) in [5.74, 6) is 0.770. The van der Waals surface area contributed by atoms with Crippen LogP contribution in [0.25, 0.3) is 0 Å². The van der Waals surface area contributed by atoms with Crippen molar-refractivity contribution in [1.29, 1.82) is 0 Å². The zero-order valence-electron chi connectivity index (χ0n) is 15.2. The Morgan fingerprint density at radius 2 is 2.00 bits per heavy atom. The van der Waals surface area contributed by atoms with Gasteiger partial charge in [-0.3, -0.25) is 14.4 Å². The van der Waals surface area contributed by atoms with Crippen LogP contribution in [-0.2, 0) is 16.1 Å². The summed E-state index contributed by atoms with van der Waals surface area (Å²) in [5.41, 5.74) is 0.795. The number of rotatable bonds is 5. The molecule has 6 heteroatoms. The van der Waals surface area contributed by atoms with E-state index in [1.807, 2.05) is 20.8 Å². The lowest BCUT2D eigenvalue weighted by Crippen LogP contribution is -2.26. The molecule has 134 valence electrons. The van der Waals surface area contributed by atoms with Crippen LogP contribution in [0.15, 0.2) is 29.3 Å². The third-order valence-corrected chi connectivity index (χ3v) is 4.95. The number of ketones is 2. The Labute approximate surface area is 152 Å². The number of ether oxygens (including phenoxy) is 1. The van der Waals surface area contributed by atoms with Crippen molar-refractivity contribution in [2.75, 3.05) is 12.9 Å². The van der Waals surface area contributed by atoms with Crippen molar-refractivity contribution in [3.05, 3.63) is 40.4 Å². The van der Waals surface area contributed by atoms with E-state index in [1.54, 1.807) is 30.2 Å². The molecule has 1 fully saturated rings. The number of hydrogen-bond acceptors (Lipinski definition) is 5. The van der Waals surface area contributed by atoms with Crippen molar-refractivity contribution < 1.29 is 19.1 Å². The number of allylic oxidation sites excluding steroid dienone is 1. The third-order valence-electron chi connectivity index (χ3n) is 3.92. The van der Waals surface area contributed by atoms with E-state index in [2.05, 4.69) is 0 Å². The fourth-order valence-corrected chi connectivity index (χ4v) is 3.26. The summed E-state index contributed by atoms with van der Waals surface area (Å²) in [4.78, 5) is 37.8. The molecule has 1 aliphatic rings. The van der Waals surface area contributed by atoms with Gasteiger partial charge in [0.25, 0.3) is 0 Å². The average molecular weight is 361 g/mol. The lowest BCUT2D eigenvalue weighted by molar-refractivity contribution is -0.125. The SMILES string of the molecule is COc1ccc(C(C)=O)cc1CN1C(=O)CS/C1=C\C(=O)C(C)(C)C. The van der Waals surface area contributed by atoms with Gasteiger partial charge < -0.3 is 9.64 Å². The van der Waals surface area contributed by atoms with Crippen molar-refractivity contribution in [2.45, 2.75) is 34.2 Å². The monoisotopic (exact) mass is 361 g/mol. The normalized spacial score (nSPS) is 16.4. The minimum Gasteiger partial charge on any atom is -0.496 e. The summed E-state index contributed by atoms with van der Waals surface area (Å²) in [6.45, 7) is 7.29. The molecule has 25 heavy (non-hydrogen) atoms. The minimum absolute atomic E-state index is 0.0286. The highest BCUT2D eigenvalue weighted by Crippen LogP contribution is 2.33. The van der Waals surface area contributed by atoms with Crippen LogP contribution in [0, 0.1) is 5.41 Å². The molecule has 1 aliphatic heterocycles. The average Bonchev–Trinajstić information content (AvgIpc) is 2.87. The molecule has 0 unspecified atom stereocenters. The van der Waals surface area contributed by atoms with Gasteiger partial charge in [0.15, 0.2) is 11.6 Å². The first-order chi connectivity index (χ1) is 11.6. The molecule has 2 rings (SSSR count). The molecule has 0 radical (unpaired) electrons. The molecule has 0 atom stereocenters. The first kappa shape index (κ1) is 19.2. The highest BCUT2D eigenvalue weighted by molar-refractivity contribution is 8.04. The van der Waals surface area contributed by atoms with Crippen molar-refractivity contribution in [1.82, 2.24) is 4.90 Å². The number of carbonyl (C=O) groups excluding carboxylic acids is 3. The molecule has 0 spiro atoms. The summed E-state index contributed by atoms with van der Waals surface area (Å²) < 4.78 is 5.35. The molecule has 0 aliphatic carbocycles. The molecule has 0 bridgehead atoms. The Hall–Kier alpha value is -2.08. The molecule has 0 aromatic heterocycles. The van der Waals surface area contributed by atoms with Gasteiger partial charge in [-0.25, -0.2) is 0 Å². The van der Waals surface area contributed by atoms with E-state index in [1.165, 1.54) is 24.8 Å². The van der Waals surface area contributed by atoms with Crippen LogP contribution in [0.2, 0.25) is 0 Å². The van der Waals surface area contributed by atoms with E-state index in [-0.39, 0.29) is 24.0 Å². The van der Waals surface area contributed by atoms with E-state index < -0.39 is 5.41 Å². The van der Waals surface area contributed by atoms with Crippen molar-refractivity contribution >= 4 is 29.2 Å². The van der Waals surface area contributed by atoms with Gasteiger partial charge in [-0.1, -0.05) is 32.5 Å². The molecule has 1 aromatic carbocycles. The molecule has 1 heterocycles. The van der Waals surface area contributed by atoms with Crippen LogP contribution < -0.4 is 4.74 Å². The zero-order valence-corrected chi connectivity index (χ0v) is 16.0. The number of Topliss-reactive ketones (excluding diaryl/α,β-unsaturated/α-hetero) is 1. The zero-order chi connectivity index (χ0) is 18.8. The van der Waals surface area contributed by atoms with Crippen molar-refractivity contribution in [3.63, 3.8) is 0 Å². The summed E-state index contributed by atoms with van der Waals surface area (Å²) in [6.07, 6.45) is 1.54. The van der Waals surface area contributed by atoms with Gasteiger partial charge in [-0.15, -0.1) is 0 Å². The number of nitrogens with zero attached hydrogens (tertiary/aromatic N) is 1. The summed E-state index contributed by atoms with van der Waals surface area (Å²) in [5, 5.41) is 0.639. The fourth-order valence-electron chi connectivity index (χ4n) is 2.32. The Morgan fingerprint density at radius 1 is 1.32 bits per heavy atom. The Kier molecular flexibility index (Phi) is 5.72. The van der Waals surface area contributed by atoms with Gasteiger partial charge in [-0.05, 0) is 25.1 Å². The van der Waals surface area contributed by atoms with Crippen LogP contribution >= 0.6 is 11.8 Å². The van der Waals surface area contributed by atoms with Crippen LogP contribution in [0.1, 0.15) is 43.6 Å². The maximum Gasteiger partial charge on any atom is 0.238 e. The van der Waals surface area contributed by atoms with Gasteiger partial charge in [0.05, 0.1) is 24.4 Å². The largest absolute Gasteiger partial charge is 0.496 e. The number of thioether (sulfide) groups is 1. The highest BCUT2D eigenvalue weighted by Gasteiger charge is 2.30.